The monoisotopic (exact) mass is 336 g/mol. The smallest absolute Gasteiger partial charge is 0.318 e. The van der Waals surface area contributed by atoms with Gasteiger partial charge in [0.05, 0.1) is 6.04 Å². The molecule has 1 N–H and O–H groups in total. The Labute approximate surface area is 139 Å². The Kier molecular flexibility index (Phi) is 6.04. The van der Waals surface area contributed by atoms with Crippen molar-refractivity contribution in [3.63, 3.8) is 0 Å². The molecule has 7 heteroatoms. The van der Waals surface area contributed by atoms with Crippen molar-refractivity contribution in [2.45, 2.75) is 39.7 Å². The number of halogens is 1. The molecular weight excluding hydrogens is 315 g/mol. The summed E-state index contributed by atoms with van der Waals surface area (Å²) in [6.45, 7) is 6.43. The number of hydrogen-bond donors (Lipinski definition) is 1. The lowest BCUT2D eigenvalue weighted by Crippen LogP contribution is -2.36. The zero-order chi connectivity index (χ0) is 16.8. The van der Waals surface area contributed by atoms with Gasteiger partial charge in [-0.2, -0.15) is 0 Å². The molecule has 0 spiro atoms. The molecule has 5 nitrogen and oxygen atoms in total. The van der Waals surface area contributed by atoms with Crippen molar-refractivity contribution < 1.29 is 9.18 Å². The molecule has 1 aromatic carbocycles. The summed E-state index contributed by atoms with van der Waals surface area (Å²) in [5.74, 6) is -0.286. The zero-order valence-corrected chi connectivity index (χ0v) is 14.4. The number of urea groups is 1. The van der Waals surface area contributed by atoms with E-state index in [0.29, 0.717) is 11.7 Å². The summed E-state index contributed by atoms with van der Waals surface area (Å²) >= 11 is 1.39. The number of rotatable bonds is 6. The quantitative estimate of drug-likeness (QED) is 0.858. The minimum atomic E-state index is -0.286. The zero-order valence-electron chi connectivity index (χ0n) is 13.5. The average Bonchev–Trinajstić information content (AvgIpc) is 2.96. The first-order valence-electron chi connectivity index (χ1n) is 7.70. The van der Waals surface area contributed by atoms with E-state index >= 15 is 0 Å². The molecule has 0 aliphatic carbocycles. The third-order valence-electron chi connectivity index (χ3n) is 3.57. The summed E-state index contributed by atoms with van der Waals surface area (Å²) < 4.78 is 13.0. The van der Waals surface area contributed by atoms with Crippen molar-refractivity contribution in [1.82, 2.24) is 15.1 Å². The Morgan fingerprint density at radius 1 is 1.30 bits per heavy atom. The van der Waals surface area contributed by atoms with Gasteiger partial charge >= 0.3 is 6.03 Å². The topological polar surface area (TPSA) is 58.1 Å². The summed E-state index contributed by atoms with van der Waals surface area (Å²) in [6, 6.07) is 5.80. The number of carbonyl (C=O) groups excluding carboxylic acids is 1. The van der Waals surface area contributed by atoms with Crippen LogP contribution in [-0.4, -0.2) is 27.7 Å². The molecule has 23 heavy (non-hydrogen) atoms. The van der Waals surface area contributed by atoms with E-state index in [2.05, 4.69) is 22.4 Å². The predicted molar refractivity (Wildman–Crippen MR) is 90.1 cm³/mol. The van der Waals surface area contributed by atoms with Gasteiger partial charge in [0.1, 0.15) is 10.8 Å². The summed E-state index contributed by atoms with van der Waals surface area (Å²) in [5.41, 5.74) is 0.882. The van der Waals surface area contributed by atoms with Gasteiger partial charge < -0.3 is 4.90 Å². The highest BCUT2D eigenvalue weighted by atomic mass is 32.1. The molecule has 1 heterocycles. The van der Waals surface area contributed by atoms with Crippen LogP contribution in [-0.2, 0) is 6.42 Å². The van der Waals surface area contributed by atoms with Gasteiger partial charge in [-0.05, 0) is 38.0 Å². The third-order valence-corrected chi connectivity index (χ3v) is 4.46. The van der Waals surface area contributed by atoms with Crippen LogP contribution in [0.4, 0.5) is 14.3 Å². The molecule has 0 fully saturated rings. The standard InChI is InChI=1S/C16H21FN4OS/c1-4-6-14-19-20-15(23-14)18-16(22)21(5-2)11(3)12-7-9-13(17)10-8-12/h7-11H,4-6H2,1-3H3,(H,18,20,22)/t11-/m0/s1. The molecule has 0 radical (unpaired) electrons. The largest absolute Gasteiger partial charge is 0.324 e. The number of aromatic nitrogens is 2. The van der Waals surface area contributed by atoms with E-state index in [1.54, 1.807) is 17.0 Å². The van der Waals surface area contributed by atoms with Crippen molar-refractivity contribution >= 4 is 22.5 Å². The van der Waals surface area contributed by atoms with E-state index in [1.165, 1.54) is 23.5 Å². The van der Waals surface area contributed by atoms with Crippen molar-refractivity contribution in [2.75, 3.05) is 11.9 Å². The fourth-order valence-electron chi connectivity index (χ4n) is 2.30. The summed E-state index contributed by atoms with van der Waals surface area (Å²) in [6.07, 6.45) is 1.85. The normalized spacial score (nSPS) is 12.0. The van der Waals surface area contributed by atoms with Gasteiger partial charge in [0, 0.05) is 13.0 Å². The molecule has 0 bridgehead atoms. The van der Waals surface area contributed by atoms with Gasteiger partial charge in [0.25, 0.3) is 0 Å². The van der Waals surface area contributed by atoms with Crippen LogP contribution in [0.2, 0.25) is 0 Å². The molecule has 0 saturated carbocycles. The molecule has 1 atom stereocenters. The highest BCUT2D eigenvalue weighted by molar-refractivity contribution is 7.15. The lowest BCUT2D eigenvalue weighted by molar-refractivity contribution is 0.197. The van der Waals surface area contributed by atoms with Crippen molar-refractivity contribution in [3.05, 3.63) is 40.7 Å². The molecule has 124 valence electrons. The lowest BCUT2D eigenvalue weighted by atomic mass is 10.1. The second kappa shape index (κ2) is 8.01. The number of hydrogen-bond acceptors (Lipinski definition) is 4. The van der Waals surface area contributed by atoms with E-state index in [9.17, 15) is 9.18 Å². The first-order chi connectivity index (χ1) is 11.0. The van der Waals surface area contributed by atoms with Crippen molar-refractivity contribution in [3.8, 4) is 0 Å². The average molecular weight is 336 g/mol. The minimum absolute atomic E-state index is 0.163. The number of amides is 2. The van der Waals surface area contributed by atoms with E-state index in [4.69, 9.17) is 0 Å². The molecule has 0 unspecified atom stereocenters. The summed E-state index contributed by atoms with van der Waals surface area (Å²) in [5, 5.41) is 12.3. The Morgan fingerprint density at radius 2 is 2.00 bits per heavy atom. The maximum atomic E-state index is 13.0. The van der Waals surface area contributed by atoms with Gasteiger partial charge in [-0.25, -0.2) is 9.18 Å². The van der Waals surface area contributed by atoms with E-state index in [0.717, 1.165) is 23.4 Å². The SMILES string of the molecule is CCCc1nnc(NC(=O)N(CC)[C@@H](C)c2ccc(F)cc2)s1. The fourth-order valence-corrected chi connectivity index (χ4v) is 3.13. The molecular formula is C16H21FN4OS. The summed E-state index contributed by atoms with van der Waals surface area (Å²) in [4.78, 5) is 14.1. The van der Waals surface area contributed by atoms with Crippen LogP contribution in [0.3, 0.4) is 0 Å². The Morgan fingerprint density at radius 3 is 2.61 bits per heavy atom. The number of carbonyl (C=O) groups is 1. The van der Waals surface area contributed by atoms with E-state index < -0.39 is 0 Å². The molecule has 0 aliphatic rings. The van der Waals surface area contributed by atoms with E-state index in [1.807, 2.05) is 13.8 Å². The number of aryl methyl sites for hydroxylation is 1. The van der Waals surface area contributed by atoms with Crippen molar-refractivity contribution in [1.29, 1.82) is 0 Å². The van der Waals surface area contributed by atoms with Crippen LogP contribution >= 0.6 is 11.3 Å². The number of anilines is 1. The first-order valence-corrected chi connectivity index (χ1v) is 8.52. The number of benzene rings is 1. The maximum absolute atomic E-state index is 13.0. The van der Waals surface area contributed by atoms with Crippen LogP contribution in [0.1, 0.15) is 43.8 Å². The highest BCUT2D eigenvalue weighted by Gasteiger charge is 2.21. The van der Waals surface area contributed by atoms with Crippen LogP contribution in [0, 0.1) is 5.82 Å². The summed E-state index contributed by atoms with van der Waals surface area (Å²) in [7, 11) is 0. The van der Waals surface area contributed by atoms with Gasteiger partial charge in [0.15, 0.2) is 0 Å². The maximum Gasteiger partial charge on any atom is 0.324 e. The molecule has 0 saturated heterocycles. The number of nitrogens with one attached hydrogen (secondary N) is 1. The molecule has 2 amide bonds. The molecule has 2 aromatic rings. The second-order valence-corrected chi connectivity index (χ2v) is 6.26. The first kappa shape index (κ1) is 17.3. The van der Waals surface area contributed by atoms with Crippen LogP contribution < -0.4 is 5.32 Å². The van der Waals surface area contributed by atoms with Crippen LogP contribution in [0.15, 0.2) is 24.3 Å². The van der Waals surface area contributed by atoms with Crippen LogP contribution in [0.25, 0.3) is 0 Å². The van der Waals surface area contributed by atoms with Gasteiger partial charge in [0.2, 0.25) is 5.13 Å². The third kappa shape index (κ3) is 4.48. The fraction of sp³-hybridized carbons (Fsp3) is 0.438. The lowest BCUT2D eigenvalue weighted by Gasteiger charge is -2.28. The van der Waals surface area contributed by atoms with E-state index in [-0.39, 0.29) is 17.9 Å². The molecule has 2 rings (SSSR count). The predicted octanol–water partition coefficient (Wildman–Crippen LogP) is 4.24. The number of nitrogens with zero attached hydrogens (tertiary/aromatic N) is 3. The molecule has 1 aromatic heterocycles. The van der Waals surface area contributed by atoms with Gasteiger partial charge in [-0.3, -0.25) is 5.32 Å². The van der Waals surface area contributed by atoms with Crippen LogP contribution in [0.5, 0.6) is 0 Å². The minimum Gasteiger partial charge on any atom is -0.318 e. The Hall–Kier alpha value is -2.02. The van der Waals surface area contributed by atoms with Gasteiger partial charge in [-0.1, -0.05) is 30.4 Å². The second-order valence-electron chi connectivity index (χ2n) is 5.19. The van der Waals surface area contributed by atoms with Gasteiger partial charge in [-0.15, -0.1) is 10.2 Å². The Balaban J connectivity index is 2.06. The Bertz CT molecular complexity index is 644. The molecule has 0 aliphatic heterocycles. The van der Waals surface area contributed by atoms with Crippen molar-refractivity contribution in [2.24, 2.45) is 0 Å². The highest BCUT2D eigenvalue weighted by Crippen LogP contribution is 2.22.